The molecule has 0 aromatic heterocycles. The quantitative estimate of drug-likeness (QED) is 0.778. The van der Waals surface area contributed by atoms with Gasteiger partial charge in [0, 0.05) is 12.1 Å². The van der Waals surface area contributed by atoms with Gasteiger partial charge in [-0.25, -0.2) is 0 Å². The van der Waals surface area contributed by atoms with Crippen LogP contribution in [0.15, 0.2) is 18.2 Å². The predicted octanol–water partition coefficient (Wildman–Crippen LogP) is 0.755. The maximum Gasteiger partial charge on any atom is 0.254 e. The van der Waals surface area contributed by atoms with E-state index in [4.69, 9.17) is 22.1 Å². The zero-order chi connectivity index (χ0) is 13.1. The third kappa shape index (κ3) is 2.58. The van der Waals surface area contributed by atoms with E-state index in [0.717, 1.165) is 0 Å². The number of anilines is 1. The highest BCUT2D eigenvalue weighted by Gasteiger charge is 2.27. The fourth-order valence-corrected chi connectivity index (χ4v) is 2.08. The Labute approximate surface area is 110 Å². The van der Waals surface area contributed by atoms with Crippen LogP contribution in [0.25, 0.3) is 0 Å². The largest absolute Gasteiger partial charge is 0.398 e. The first-order valence-electron chi connectivity index (χ1n) is 5.68. The Balaban J connectivity index is 2.21. The van der Waals surface area contributed by atoms with Crippen LogP contribution in [0.5, 0.6) is 0 Å². The number of hydrogen-bond acceptors (Lipinski definition) is 4. The molecule has 0 spiro atoms. The summed E-state index contributed by atoms with van der Waals surface area (Å²) >= 11 is 5.90. The molecule has 5 nitrogen and oxygen atoms in total. The molecule has 1 heterocycles. The number of carbonyl (C=O) groups is 1. The maximum absolute atomic E-state index is 12.3. The van der Waals surface area contributed by atoms with Gasteiger partial charge in [-0.15, -0.1) is 0 Å². The van der Waals surface area contributed by atoms with Crippen molar-refractivity contribution in [2.75, 3.05) is 32.1 Å². The fraction of sp³-hybridized carbons (Fsp3) is 0.417. The zero-order valence-corrected chi connectivity index (χ0v) is 10.6. The topological polar surface area (TPSA) is 75.8 Å². The molecule has 3 N–H and O–H groups in total. The lowest BCUT2D eigenvalue weighted by molar-refractivity contribution is -0.0183. The summed E-state index contributed by atoms with van der Waals surface area (Å²) in [7, 11) is 0. The van der Waals surface area contributed by atoms with Crippen LogP contribution < -0.4 is 5.73 Å². The van der Waals surface area contributed by atoms with Crippen LogP contribution in [0.2, 0.25) is 5.02 Å². The van der Waals surface area contributed by atoms with E-state index in [1.54, 1.807) is 23.1 Å². The molecule has 1 aromatic carbocycles. The number of morpholine rings is 1. The lowest BCUT2D eigenvalue weighted by Crippen LogP contribution is -2.50. The number of amides is 1. The van der Waals surface area contributed by atoms with Crippen LogP contribution in [0, 0.1) is 0 Å². The minimum atomic E-state index is -0.303. The summed E-state index contributed by atoms with van der Waals surface area (Å²) < 4.78 is 5.23. The lowest BCUT2D eigenvalue weighted by atomic mass is 10.1. The van der Waals surface area contributed by atoms with Crippen molar-refractivity contribution in [2.45, 2.75) is 6.04 Å². The normalized spacial score (nSPS) is 19.9. The Bertz CT molecular complexity index is 453. The number of nitrogens with two attached hydrogens (primary N) is 1. The molecule has 98 valence electrons. The molecule has 18 heavy (non-hydrogen) atoms. The van der Waals surface area contributed by atoms with Crippen LogP contribution in [-0.2, 0) is 4.74 Å². The molecule has 1 aliphatic rings. The predicted molar refractivity (Wildman–Crippen MR) is 68.6 cm³/mol. The minimum Gasteiger partial charge on any atom is -0.398 e. The molecule has 1 unspecified atom stereocenters. The van der Waals surface area contributed by atoms with Crippen molar-refractivity contribution in [1.82, 2.24) is 4.90 Å². The zero-order valence-electron chi connectivity index (χ0n) is 9.80. The summed E-state index contributed by atoms with van der Waals surface area (Å²) in [6.07, 6.45) is 0. The third-order valence-corrected chi connectivity index (χ3v) is 3.27. The smallest absolute Gasteiger partial charge is 0.254 e. The second-order valence-corrected chi connectivity index (χ2v) is 4.55. The summed E-state index contributed by atoms with van der Waals surface area (Å²) in [5.41, 5.74) is 6.51. The molecular weight excluding hydrogens is 256 g/mol. The van der Waals surface area contributed by atoms with Gasteiger partial charge in [0.2, 0.25) is 0 Å². The number of hydrogen-bond donors (Lipinski definition) is 2. The Morgan fingerprint density at radius 2 is 2.39 bits per heavy atom. The summed E-state index contributed by atoms with van der Waals surface area (Å²) in [5, 5.41) is 9.59. The molecule has 2 rings (SSSR count). The first-order chi connectivity index (χ1) is 8.63. The molecule has 1 fully saturated rings. The van der Waals surface area contributed by atoms with Gasteiger partial charge in [0.1, 0.15) is 0 Å². The number of nitrogens with zero attached hydrogens (tertiary/aromatic N) is 1. The summed E-state index contributed by atoms with van der Waals surface area (Å²) in [4.78, 5) is 13.9. The highest BCUT2D eigenvalue weighted by molar-refractivity contribution is 6.33. The van der Waals surface area contributed by atoms with Gasteiger partial charge < -0.3 is 20.5 Å². The van der Waals surface area contributed by atoms with Gasteiger partial charge in [0.05, 0.1) is 36.6 Å². The number of carbonyl (C=O) groups excluding carboxylic acids is 1. The molecule has 0 saturated carbocycles. The van der Waals surface area contributed by atoms with E-state index < -0.39 is 0 Å². The van der Waals surface area contributed by atoms with Crippen molar-refractivity contribution in [3.8, 4) is 0 Å². The van der Waals surface area contributed by atoms with Crippen molar-refractivity contribution in [3.63, 3.8) is 0 Å². The molecule has 0 bridgehead atoms. The van der Waals surface area contributed by atoms with E-state index >= 15 is 0 Å². The number of benzene rings is 1. The van der Waals surface area contributed by atoms with Crippen molar-refractivity contribution >= 4 is 23.2 Å². The van der Waals surface area contributed by atoms with E-state index in [1.165, 1.54) is 0 Å². The molecule has 1 aromatic rings. The third-order valence-electron chi connectivity index (χ3n) is 2.95. The molecule has 1 amide bonds. The molecule has 1 atom stereocenters. The Morgan fingerprint density at radius 3 is 3.06 bits per heavy atom. The van der Waals surface area contributed by atoms with E-state index in [2.05, 4.69) is 0 Å². The van der Waals surface area contributed by atoms with E-state index in [-0.39, 0.29) is 18.6 Å². The number of nitrogen functional groups attached to an aromatic ring is 1. The SMILES string of the molecule is Nc1ccc(C(=O)N2CCOCC2CO)cc1Cl. The highest BCUT2D eigenvalue weighted by atomic mass is 35.5. The summed E-state index contributed by atoms with van der Waals surface area (Å²) in [5.74, 6) is -0.167. The maximum atomic E-state index is 12.3. The Morgan fingerprint density at radius 1 is 1.61 bits per heavy atom. The van der Waals surface area contributed by atoms with Crippen molar-refractivity contribution in [3.05, 3.63) is 28.8 Å². The average Bonchev–Trinajstić information content (AvgIpc) is 2.41. The van der Waals surface area contributed by atoms with E-state index in [9.17, 15) is 9.90 Å². The minimum absolute atomic E-state index is 0.117. The van der Waals surface area contributed by atoms with Gasteiger partial charge in [-0.3, -0.25) is 4.79 Å². The first kappa shape index (κ1) is 13.1. The molecule has 0 radical (unpaired) electrons. The second kappa shape index (κ2) is 5.56. The van der Waals surface area contributed by atoms with Crippen molar-refractivity contribution in [1.29, 1.82) is 0 Å². The van der Waals surface area contributed by atoms with Crippen LogP contribution in [0.4, 0.5) is 5.69 Å². The number of halogens is 1. The average molecular weight is 271 g/mol. The van der Waals surface area contributed by atoms with Crippen LogP contribution >= 0.6 is 11.6 Å². The number of ether oxygens (including phenoxy) is 1. The van der Waals surface area contributed by atoms with Crippen LogP contribution in [0.3, 0.4) is 0 Å². The van der Waals surface area contributed by atoms with Gasteiger partial charge in [0.15, 0.2) is 0 Å². The number of rotatable bonds is 2. The molecule has 1 saturated heterocycles. The molecule has 1 aliphatic heterocycles. The highest BCUT2D eigenvalue weighted by Crippen LogP contribution is 2.21. The van der Waals surface area contributed by atoms with E-state index in [1.807, 2.05) is 0 Å². The summed E-state index contributed by atoms with van der Waals surface area (Å²) in [6, 6.07) is 4.48. The molecular formula is C12H15ClN2O3. The fourth-order valence-electron chi connectivity index (χ4n) is 1.90. The van der Waals surface area contributed by atoms with Gasteiger partial charge in [-0.05, 0) is 18.2 Å². The van der Waals surface area contributed by atoms with Crippen molar-refractivity contribution in [2.24, 2.45) is 0 Å². The first-order valence-corrected chi connectivity index (χ1v) is 6.06. The van der Waals surface area contributed by atoms with Crippen LogP contribution in [-0.4, -0.2) is 48.3 Å². The monoisotopic (exact) mass is 270 g/mol. The number of aliphatic hydroxyl groups is 1. The second-order valence-electron chi connectivity index (χ2n) is 4.15. The molecule has 0 aliphatic carbocycles. The number of aliphatic hydroxyl groups excluding tert-OH is 1. The Hall–Kier alpha value is -1.30. The van der Waals surface area contributed by atoms with Crippen molar-refractivity contribution < 1.29 is 14.6 Å². The van der Waals surface area contributed by atoms with Crippen LogP contribution in [0.1, 0.15) is 10.4 Å². The van der Waals surface area contributed by atoms with Gasteiger partial charge in [-0.2, -0.15) is 0 Å². The lowest BCUT2D eigenvalue weighted by Gasteiger charge is -2.34. The van der Waals surface area contributed by atoms with Gasteiger partial charge >= 0.3 is 0 Å². The van der Waals surface area contributed by atoms with Gasteiger partial charge in [-0.1, -0.05) is 11.6 Å². The van der Waals surface area contributed by atoms with Gasteiger partial charge in [0.25, 0.3) is 5.91 Å². The van der Waals surface area contributed by atoms with E-state index in [0.29, 0.717) is 36.0 Å². The standard InChI is InChI=1S/C12H15ClN2O3/c13-10-5-8(1-2-11(10)14)12(17)15-3-4-18-7-9(15)6-16/h1-2,5,9,16H,3-4,6-7,14H2. The summed E-state index contributed by atoms with van der Waals surface area (Å²) in [6.45, 7) is 1.18. The Kier molecular flexibility index (Phi) is 4.06. The molecule has 6 heteroatoms.